The molecule has 0 radical (unpaired) electrons. The van der Waals surface area contributed by atoms with Gasteiger partial charge in [0, 0.05) is 6.04 Å². The minimum atomic E-state index is 0.560. The van der Waals surface area contributed by atoms with Crippen molar-refractivity contribution in [2.24, 2.45) is 5.92 Å². The second-order valence-corrected chi connectivity index (χ2v) is 4.10. The van der Waals surface area contributed by atoms with E-state index in [1.165, 1.54) is 17.6 Å². The summed E-state index contributed by atoms with van der Waals surface area (Å²) in [5, 5.41) is 3.54. The van der Waals surface area contributed by atoms with Gasteiger partial charge in [-0.15, -0.1) is 0 Å². The maximum atomic E-state index is 3.54. The van der Waals surface area contributed by atoms with Crippen molar-refractivity contribution in [2.45, 2.75) is 54.0 Å². The summed E-state index contributed by atoms with van der Waals surface area (Å²) in [7, 11) is 0. The van der Waals surface area contributed by atoms with Crippen LogP contribution in [0, 0.1) is 5.92 Å². The Morgan fingerprint density at radius 1 is 1.15 bits per heavy atom. The van der Waals surface area contributed by atoms with Crippen molar-refractivity contribution in [3.8, 4) is 0 Å². The van der Waals surface area contributed by atoms with Gasteiger partial charge in [-0.1, -0.05) is 38.8 Å². The zero-order chi connectivity index (χ0) is 10.4. The third kappa shape index (κ3) is 3.95. The van der Waals surface area contributed by atoms with Gasteiger partial charge in [-0.25, -0.2) is 0 Å². The molecule has 1 heteroatoms. The SMILES string of the molecule is CCNC(/C(C)=C(\C)CC)C(C)C. The average molecular weight is 183 g/mol. The molecule has 0 aliphatic heterocycles. The van der Waals surface area contributed by atoms with Gasteiger partial charge in [-0.3, -0.25) is 0 Å². The van der Waals surface area contributed by atoms with E-state index in [-0.39, 0.29) is 0 Å². The molecule has 0 aliphatic rings. The summed E-state index contributed by atoms with van der Waals surface area (Å²) >= 11 is 0. The van der Waals surface area contributed by atoms with Crippen molar-refractivity contribution in [1.29, 1.82) is 0 Å². The molecule has 0 spiro atoms. The highest BCUT2D eigenvalue weighted by atomic mass is 14.9. The quantitative estimate of drug-likeness (QED) is 0.644. The van der Waals surface area contributed by atoms with Crippen LogP contribution in [0.1, 0.15) is 48.0 Å². The van der Waals surface area contributed by atoms with Crippen LogP contribution in [0.4, 0.5) is 0 Å². The molecule has 0 heterocycles. The first-order chi connectivity index (χ1) is 6.04. The normalized spacial score (nSPS) is 15.9. The molecule has 0 aliphatic carbocycles. The van der Waals surface area contributed by atoms with E-state index in [1.54, 1.807) is 0 Å². The number of hydrogen-bond donors (Lipinski definition) is 1. The van der Waals surface area contributed by atoms with Gasteiger partial charge >= 0.3 is 0 Å². The van der Waals surface area contributed by atoms with E-state index in [0.717, 1.165) is 6.54 Å². The van der Waals surface area contributed by atoms with Crippen molar-refractivity contribution in [2.75, 3.05) is 6.54 Å². The van der Waals surface area contributed by atoms with Crippen LogP contribution in [0.2, 0.25) is 0 Å². The maximum absolute atomic E-state index is 3.54. The van der Waals surface area contributed by atoms with Crippen molar-refractivity contribution < 1.29 is 0 Å². The van der Waals surface area contributed by atoms with Crippen LogP contribution in [-0.2, 0) is 0 Å². The molecule has 1 unspecified atom stereocenters. The van der Waals surface area contributed by atoms with E-state index >= 15 is 0 Å². The Labute approximate surface area is 83.6 Å². The van der Waals surface area contributed by atoms with Crippen LogP contribution in [-0.4, -0.2) is 12.6 Å². The van der Waals surface area contributed by atoms with Gasteiger partial charge in [0.2, 0.25) is 0 Å². The second-order valence-electron chi connectivity index (χ2n) is 4.10. The van der Waals surface area contributed by atoms with Crippen molar-refractivity contribution in [1.82, 2.24) is 5.32 Å². The molecule has 78 valence electrons. The summed E-state index contributed by atoms with van der Waals surface area (Å²) in [6.07, 6.45) is 1.17. The molecule has 13 heavy (non-hydrogen) atoms. The molecule has 0 rings (SSSR count). The molecule has 1 nitrogen and oxygen atoms in total. The van der Waals surface area contributed by atoms with Crippen LogP contribution >= 0.6 is 0 Å². The molecule has 1 N–H and O–H groups in total. The van der Waals surface area contributed by atoms with Crippen LogP contribution in [0.5, 0.6) is 0 Å². The van der Waals surface area contributed by atoms with Crippen molar-refractivity contribution in [3.05, 3.63) is 11.1 Å². The minimum Gasteiger partial charge on any atom is -0.310 e. The lowest BCUT2D eigenvalue weighted by Crippen LogP contribution is -2.35. The van der Waals surface area contributed by atoms with E-state index in [4.69, 9.17) is 0 Å². The van der Waals surface area contributed by atoms with Crippen LogP contribution < -0.4 is 5.32 Å². The van der Waals surface area contributed by atoms with Gasteiger partial charge in [0.25, 0.3) is 0 Å². The summed E-state index contributed by atoms with van der Waals surface area (Å²) < 4.78 is 0. The highest BCUT2D eigenvalue weighted by Gasteiger charge is 2.14. The van der Waals surface area contributed by atoms with E-state index in [1.807, 2.05) is 0 Å². The van der Waals surface area contributed by atoms with E-state index in [9.17, 15) is 0 Å². The monoisotopic (exact) mass is 183 g/mol. The molecule has 0 saturated carbocycles. The largest absolute Gasteiger partial charge is 0.310 e. The second kappa shape index (κ2) is 6.20. The van der Waals surface area contributed by atoms with Gasteiger partial charge in [-0.2, -0.15) is 0 Å². The Kier molecular flexibility index (Phi) is 6.06. The molecule has 0 aromatic heterocycles. The number of likely N-dealkylation sites (N-methyl/N-ethyl adjacent to an activating group) is 1. The molecule has 0 amide bonds. The summed E-state index contributed by atoms with van der Waals surface area (Å²) in [6, 6.07) is 0.560. The standard InChI is InChI=1S/C12H25N/c1-7-10(5)11(6)12(9(3)4)13-8-2/h9,12-13H,7-8H2,1-6H3/b11-10+. The van der Waals surface area contributed by atoms with Gasteiger partial charge in [0.15, 0.2) is 0 Å². The summed E-state index contributed by atoms with van der Waals surface area (Å²) in [4.78, 5) is 0. The van der Waals surface area contributed by atoms with E-state index < -0.39 is 0 Å². The molecule has 1 atom stereocenters. The first kappa shape index (κ1) is 12.7. The first-order valence-corrected chi connectivity index (χ1v) is 5.44. The van der Waals surface area contributed by atoms with Gasteiger partial charge in [-0.05, 0) is 32.7 Å². The fourth-order valence-electron chi connectivity index (χ4n) is 1.65. The molecule has 0 fully saturated rings. The number of allylic oxidation sites excluding steroid dienone is 1. The number of rotatable bonds is 5. The number of hydrogen-bond acceptors (Lipinski definition) is 1. The minimum absolute atomic E-state index is 0.560. The molecule has 0 aromatic carbocycles. The fourth-order valence-corrected chi connectivity index (χ4v) is 1.65. The summed E-state index contributed by atoms with van der Waals surface area (Å²) in [5.41, 5.74) is 3.05. The Hall–Kier alpha value is -0.300. The van der Waals surface area contributed by atoms with Crippen LogP contribution in [0.3, 0.4) is 0 Å². The third-order valence-corrected chi connectivity index (χ3v) is 2.76. The lowest BCUT2D eigenvalue weighted by Gasteiger charge is -2.24. The van der Waals surface area contributed by atoms with Crippen molar-refractivity contribution in [3.63, 3.8) is 0 Å². The average Bonchev–Trinajstić information content (AvgIpc) is 2.11. The molecule has 0 aromatic rings. The predicted molar refractivity (Wildman–Crippen MR) is 61.0 cm³/mol. The van der Waals surface area contributed by atoms with Crippen LogP contribution in [0.25, 0.3) is 0 Å². The summed E-state index contributed by atoms with van der Waals surface area (Å²) in [6.45, 7) is 14.5. The van der Waals surface area contributed by atoms with E-state index in [0.29, 0.717) is 12.0 Å². The molecular weight excluding hydrogens is 158 g/mol. The molecule has 0 saturated heterocycles. The maximum Gasteiger partial charge on any atom is 0.0302 e. The van der Waals surface area contributed by atoms with Crippen LogP contribution in [0.15, 0.2) is 11.1 Å². The first-order valence-electron chi connectivity index (χ1n) is 5.44. The predicted octanol–water partition coefficient (Wildman–Crippen LogP) is 3.37. The Bertz CT molecular complexity index is 168. The highest BCUT2D eigenvalue weighted by Crippen LogP contribution is 2.17. The Morgan fingerprint density at radius 3 is 2.00 bits per heavy atom. The summed E-state index contributed by atoms with van der Waals surface area (Å²) in [5.74, 6) is 0.682. The van der Waals surface area contributed by atoms with E-state index in [2.05, 4.69) is 46.9 Å². The van der Waals surface area contributed by atoms with Gasteiger partial charge in [0.05, 0.1) is 0 Å². The smallest absolute Gasteiger partial charge is 0.0302 e. The lowest BCUT2D eigenvalue weighted by atomic mass is 9.93. The van der Waals surface area contributed by atoms with Gasteiger partial charge < -0.3 is 5.32 Å². The zero-order valence-corrected chi connectivity index (χ0v) is 10.1. The number of nitrogens with one attached hydrogen (secondary N) is 1. The highest BCUT2D eigenvalue weighted by molar-refractivity contribution is 5.16. The molecule has 0 bridgehead atoms. The Morgan fingerprint density at radius 2 is 1.69 bits per heavy atom. The van der Waals surface area contributed by atoms with Gasteiger partial charge in [0.1, 0.15) is 0 Å². The topological polar surface area (TPSA) is 12.0 Å². The molecular formula is C12H25N. The Balaban J connectivity index is 4.53. The fraction of sp³-hybridized carbons (Fsp3) is 0.833. The zero-order valence-electron chi connectivity index (χ0n) is 10.1. The third-order valence-electron chi connectivity index (χ3n) is 2.76. The van der Waals surface area contributed by atoms with Crippen molar-refractivity contribution >= 4 is 0 Å². The lowest BCUT2D eigenvalue weighted by molar-refractivity contribution is 0.453.